The van der Waals surface area contributed by atoms with Gasteiger partial charge in [-0.05, 0) is 41.5 Å². The van der Waals surface area contributed by atoms with E-state index in [4.69, 9.17) is 25.8 Å². The van der Waals surface area contributed by atoms with Crippen molar-refractivity contribution < 1.29 is 23.8 Å². The molecule has 0 aromatic heterocycles. The molecule has 0 atom stereocenters. The largest absolute Gasteiger partial charge is 0.486 e. The number of benzene rings is 2. The van der Waals surface area contributed by atoms with E-state index < -0.39 is 5.97 Å². The first-order valence-corrected chi connectivity index (χ1v) is 9.12. The lowest BCUT2D eigenvalue weighted by Crippen LogP contribution is -2.30. The molecular formula is C21H20ClNO5. The molecule has 2 aromatic carbocycles. The van der Waals surface area contributed by atoms with E-state index in [9.17, 15) is 9.59 Å². The van der Waals surface area contributed by atoms with Crippen LogP contribution in [0, 0.1) is 0 Å². The molecule has 1 aliphatic heterocycles. The second kappa shape index (κ2) is 9.28. The molecule has 0 aliphatic carbocycles. The second-order valence-corrected chi connectivity index (χ2v) is 6.66. The Bertz CT molecular complexity index is 879. The van der Waals surface area contributed by atoms with Crippen LogP contribution < -0.4 is 9.47 Å². The van der Waals surface area contributed by atoms with Crippen molar-refractivity contribution in [2.75, 3.05) is 26.9 Å². The van der Waals surface area contributed by atoms with E-state index in [1.165, 1.54) is 11.0 Å². The summed E-state index contributed by atoms with van der Waals surface area (Å²) in [6, 6.07) is 12.5. The molecule has 0 bridgehead atoms. The summed E-state index contributed by atoms with van der Waals surface area (Å²) in [7, 11) is 1.65. The predicted octanol–water partition coefficient (Wildman–Crippen LogP) is 3.33. The van der Waals surface area contributed by atoms with Crippen LogP contribution in [0.2, 0.25) is 5.02 Å². The summed E-state index contributed by atoms with van der Waals surface area (Å²) in [4.78, 5) is 25.5. The van der Waals surface area contributed by atoms with Crippen molar-refractivity contribution in [1.82, 2.24) is 4.90 Å². The maximum absolute atomic E-state index is 12.2. The minimum atomic E-state index is -0.587. The van der Waals surface area contributed by atoms with Crippen LogP contribution in [0.25, 0.3) is 6.08 Å². The predicted molar refractivity (Wildman–Crippen MR) is 105 cm³/mol. The van der Waals surface area contributed by atoms with Gasteiger partial charge in [0, 0.05) is 24.7 Å². The van der Waals surface area contributed by atoms with Crippen molar-refractivity contribution >= 4 is 29.6 Å². The summed E-state index contributed by atoms with van der Waals surface area (Å²) in [5.74, 6) is 0.480. The number of halogens is 1. The number of hydrogen-bond acceptors (Lipinski definition) is 5. The molecule has 1 aliphatic rings. The van der Waals surface area contributed by atoms with Gasteiger partial charge in [0.05, 0.1) is 0 Å². The Morgan fingerprint density at radius 3 is 2.57 bits per heavy atom. The smallest absolute Gasteiger partial charge is 0.331 e. The molecule has 0 fully saturated rings. The van der Waals surface area contributed by atoms with E-state index in [-0.39, 0.29) is 12.5 Å². The number of amides is 1. The van der Waals surface area contributed by atoms with E-state index in [2.05, 4.69) is 0 Å². The van der Waals surface area contributed by atoms with Gasteiger partial charge in [0.15, 0.2) is 18.1 Å². The zero-order valence-corrected chi connectivity index (χ0v) is 16.1. The molecule has 0 N–H and O–H groups in total. The molecular weight excluding hydrogens is 382 g/mol. The Kier molecular flexibility index (Phi) is 6.55. The number of nitrogens with zero attached hydrogens (tertiary/aromatic N) is 1. The van der Waals surface area contributed by atoms with E-state index in [0.29, 0.717) is 36.3 Å². The SMILES string of the molecule is CN(Cc1ccc2c(c1)OCCO2)C(=O)COC(=O)/C=C/c1ccc(Cl)cc1. The quantitative estimate of drug-likeness (QED) is 0.548. The summed E-state index contributed by atoms with van der Waals surface area (Å²) >= 11 is 5.81. The van der Waals surface area contributed by atoms with Gasteiger partial charge in [0.2, 0.25) is 0 Å². The standard InChI is InChI=1S/C21H20ClNO5/c1-23(13-16-4-8-18-19(12-16)27-11-10-26-18)20(24)14-28-21(25)9-5-15-2-6-17(22)7-3-15/h2-9,12H,10-11,13-14H2,1H3/b9-5+. The van der Waals surface area contributed by atoms with Gasteiger partial charge in [-0.2, -0.15) is 0 Å². The van der Waals surface area contributed by atoms with Crippen LogP contribution in [0.3, 0.4) is 0 Å². The molecule has 6 nitrogen and oxygen atoms in total. The molecule has 2 aromatic rings. The van der Waals surface area contributed by atoms with Gasteiger partial charge in [-0.15, -0.1) is 0 Å². The van der Waals surface area contributed by atoms with Crippen LogP contribution in [-0.2, 0) is 20.9 Å². The third-order valence-electron chi connectivity index (χ3n) is 4.07. The molecule has 0 radical (unpaired) electrons. The zero-order chi connectivity index (χ0) is 19.9. The van der Waals surface area contributed by atoms with Crippen LogP contribution in [-0.4, -0.2) is 43.6 Å². The van der Waals surface area contributed by atoms with Gasteiger partial charge in [-0.25, -0.2) is 4.79 Å². The van der Waals surface area contributed by atoms with E-state index in [1.807, 2.05) is 18.2 Å². The lowest BCUT2D eigenvalue weighted by atomic mass is 10.2. The molecule has 28 heavy (non-hydrogen) atoms. The summed E-state index contributed by atoms with van der Waals surface area (Å²) in [5, 5.41) is 0.617. The fourth-order valence-electron chi connectivity index (χ4n) is 2.58. The average Bonchev–Trinajstić information content (AvgIpc) is 2.71. The molecule has 7 heteroatoms. The highest BCUT2D eigenvalue weighted by molar-refractivity contribution is 6.30. The molecule has 146 valence electrons. The Morgan fingerprint density at radius 2 is 1.82 bits per heavy atom. The monoisotopic (exact) mass is 401 g/mol. The maximum atomic E-state index is 12.2. The summed E-state index contributed by atoms with van der Waals surface area (Å²) in [6.45, 7) is 1.08. The van der Waals surface area contributed by atoms with Crippen molar-refractivity contribution in [3.63, 3.8) is 0 Å². The highest BCUT2D eigenvalue weighted by Gasteiger charge is 2.15. The van der Waals surface area contributed by atoms with E-state index in [0.717, 1.165) is 11.1 Å². The Morgan fingerprint density at radius 1 is 1.11 bits per heavy atom. The lowest BCUT2D eigenvalue weighted by Gasteiger charge is -2.21. The third-order valence-corrected chi connectivity index (χ3v) is 4.32. The van der Waals surface area contributed by atoms with Gasteiger partial charge in [0.1, 0.15) is 13.2 Å². The summed E-state index contributed by atoms with van der Waals surface area (Å²) in [5.41, 5.74) is 1.71. The van der Waals surface area contributed by atoms with Crippen molar-refractivity contribution in [3.05, 3.63) is 64.7 Å². The molecule has 0 saturated carbocycles. The summed E-state index contributed by atoms with van der Waals surface area (Å²) in [6.07, 6.45) is 2.87. The fourth-order valence-corrected chi connectivity index (χ4v) is 2.70. The molecule has 0 unspecified atom stereocenters. The van der Waals surface area contributed by atoms with Crippen molar-refractivity contribution in [3.8, 4) is 11.5 Å². The second-order valence-electron chi connectivity index (χ2n) is 6.22. The number of esters is 1. The minimum Gasteiger partial charge on any atom is -0.486 e. The average molecular weight is 402 g/mol. The zero-order valence-electron chi connectivity index (χ0n) is 15.4. The van der Waals surface area contributed by atoms with Gasteiger partial charge in [0.25, 0.3) is 5.91 Å². The molecule has 3 rings (SSSR count). The fraction of sp³-hybridized carbons (Fsp3) is 0.238. The summed E-state index contributed by atoms with van der Waals surface area (Å²) < 4.78 is 16.0. The van der Waals surface area contributed by atoms with E-state index >= 15 is 0 Å². The van der Waals surface area contributed by atoms with Crippen LogP contribution in [0.1, 0.15) is 11.1 Å². The number of carbonyl (C=O) groups is 2. The first-order valence-electron chi connectivity index (χ1n) is 8.74. The van der Waals surface area contributed by atoms with Gasteiger partial charge in [-0.1, -0.05) is 29.8 Å². The van der Waals surface area contributed by atoms with Crippen LogP contribution in [0.5, 0.6) is 11.5 Å². The van der Waals surface area contributed by atoms with Gasteiger partial charge < -0.3 is 19.1 Å². The highest BCUT2D eigenvalue weighted by atomic mass is 35.5. The topological polar surface area (TPSA) is 65.1 Å². The van der Waals surface area contributed by atoms with Crippen LogP contribution in [0.15, 0.2) is 48.5 Å². The van der Waals surface area contributed by atoms with E-state index in [1.54, 1.807) is 37.4 Å². The van der Waals surface area contributed by atoms with Crippen molar-refractivity contribution in [1.29, 1.82) is 0 Å². The Hall–Kier alpha value is -2.99. The highest BCUT2D eigenvalue weighted by Crippen LogP contribution is 2.31. The number of carbonyl (C=O) groups excluding carboxylic acids is 2. The maximum Gasteiger partial charge on any atom is 0.331 e. The lowest BCUT2D eigenvalue weighted by molar-refractivity contribution is -0.147. The Balaban J connectivity index is 1.47. The van der Waals surface area contributed by atoms with Crippen molar-refractivity contribution in [2.45, 2.75) is 6.54 Å². The van der Waals surface area contributed by atoms with Crippen LogP contribution in [0.4, 0.5) is 0 Å². The van der Waals surface area contributed by atoms with Gasteiger partial charge >= 0.3 is 5.97 Å². The number of fused-ring (bicyclic) bond motifs is 1. The molecule has 0 saturated heterocycles. The number of likely N-dealkylation sites (N-methyl/N-ethyl adjacent to an activating group) is 1. The molecule has 0 spiro atoms. The number of hydrogen-bond donors (Lipinski definition) is 0. The minimum absolute atomic E-state index is 0.303. The first-order chi connectivity index (χ1) is 13.5. The van der Waals surface area contributed by atoms with Gasteiger partial charge in [-0.3, -0.25) is 4.79 Å². The number of rotatable bonds is 6. The van der Waals surface area contributed by atoms with Crippen molar-refractivity contribution in [2.24, 2.45) is 0 Å². The molecule has 1 heterocycles. The van der Waals surface area contributed by atoms with Crippen LogP contribution >= 0.6 is 11.6 Å². The first kappa shape index (κ1) is 19.8. The third kappa shape index (κ3) is 5.50. The number of ether oxygens (including phenoxy) is 3. The normalized spacial score (nSPS) is 12.6. The molecule has 1 amide bonds. The Labute approximate surface area is 168 Å².